The number of hydrogen-bond donors (Lipinski definition) is 2. The van der Waals surface area contributed by atoms with Crippen molar-refractivity contribution < 1.29 is 9.53 Å². The van der Waals surface area contributed by atoms with Gasteiger partial charge in [0.25, 0.3) is 0 Å². The summed E-state index contributed by atoms with van der Waals surface area (Å²) >= 11 is 5.70. The van der Waals surface area contributed by atoms with Crippen LogP contribution in [-0.2, 0) is 9.53 Å². The lowest BCUT2D eigenvalue weighted by Crippen LogP contribution is -2.02. The van der Waals surface area contributed by atoms with E-state index in [0.717, 1.165) is 5.69 Å². The summed E-state index contributed by atoms with van der Waals surface area (Å²) in [6.07, 6.45) is 0.959. The Hall–Kier alpha value is -0.750. The van der Waals surface area contributed by atoms with Crippen molar-refractivity contribution in [1.82, 2.24) is 4.98 Å². The minimum Gasteiger partial charge on any atom is -0.469 e. The van der Waals surface area contributed by atoms with Crippen LogP contribution in [0.1, 0.15) is 23.8 Å². The van der Waals surface area contributed by atoms with Gasteiger partial charge in [0.1, 0.15) is 0 Å². The number of thiazole rings is 1. The maximum Gasteiger partial charge on any atom is 0.305 e. The molecule has 0 fully saturated rings. The molecular formula is C8H12N2O2S2. The molecule has 0 aliphatic heterocycles. The molecule has 0 aliphatic carbocycles. The number of methoxy groups -OCH3 is 1. The minimum atomic E-state index is -0.229. The fourth-order valence-corrected chi connectivity index (χ4v) is 1.94. The molecule has 78 valence electrons. The quantitative estimate of drug-likeness (QED) is 0.612. The molecule has 0 bridgehead atoms. The summed E-state index contributed by atoms with van der Waals surface area (Å²) in [7, 11) is 1.37. The van der Waals surface area contributed by atoms with Gasteiger partial charge in [0, 0.05) is 17.1 Å². The molecule has 0 amide bonds. The number of hydrogen-bond acceptors (Lipinski definition) is 6. The van der Waals surface area contributed by atoms with Crippen LogP contribution in [0.2, 0.25) is 0 Å². The Morgan fingerprint density at radius 3 is 3.07 bits per heavy atom. The van der Waals surface area contributed by atoms with E-state index >= 15 is 0 Å². The number of nitrogen functional groups attached to an aromatic ring is 1. The van der Waals surface area contributed by atoms with Gasteiger partial charge in [0.2, 0.25) is 0 Å². The molecule has 1 unspecified atom stereocenters. The zero-order chi connectivity index (χ0) is 10.6. The van der Waals surface area contributed by atoms with Crippen molar-refractivity contribution in [3.8, 4) is 0 Å². The number of anilines is 1. The third-order valence-corrected chi connectivity index (χ3v) is 2.95. The van der Waals surface area contributed by atoms with Crippen LogP contribution in [-0.4, -0.2) is 18.1 Å². The molecule has 0 radical (unpaired) electrons. The van der Waals surface area contributed by atoms with E-state index < -0.39 is 0 Å². The standard InChI is InChI=1S/C8H12N2O2S2/c1-12-7(11)3-2-6(13)5-4-14-8(9)10-5/h4,6,13H,2-3H2,1H3,(H2,9,10). The highest BCUT2D eigenvalue weighted by Crippen LogP contribution is 2.27. The Balaban J connectivity index is 2.42. The third-order valence-electron chi connectivity index (χ3n) is 1.73. The molecule has 1 aromatic heterocycles. The maximum absolute atomic E-state index is 10.9. The van der Waals surface area contributed by atoms with Gasteiger partial charge < -0.3 is 10.5 Å². The Labute approximate surface area is 91.9 Å². The second-order valence-electron chi connectivity index (χ2n) is 2.74. The van der Waals surface area contributed by atoms with E-state index in [9.17, 15) is 4.79 Å². The van der Waals surface area contributed by atoms with E-state index in [0.29, 0.717) is 18.0 Å². The number of nitrogens with zero attached hydrogens (tertiary/aromatic N) is 1. The summed E-state index contributed by atoms with van der Waals surface area (Å²) in [6.45, 7) is 0. The third kappa shape index (κ3) is 3.19. The van der Waals surface area contributed by atoms with Crippen LogP contribution < -0.4 is 5.73 Å². The molecule has 1 atom stereocenters. The largest absolute Gasteiger partial charge is 0.469 e. The molecule has 2 N–H and O–H groups in total. The van der Waals surface area contributed by atoms with Crippen LogP contribution in [0.25, 0.3) is 0 Å². The first-order valence-electron chi connectivity index (χ1n) is 4.09. The highest BCUT2D eigenvalue weighted by molar-refractivity contribution is 7.80. The zero-order valence-electron chi connectivity index (χ0n) is 7.77. The average Bonchev–Trinajstić information content (AvgIpc) is 2.60. The van der Waals surface area contributed by atoms with E-state index in [-0.39, 0.29) is 11.2 Å². The van der Waals surface area contributed by atoms with E-state index in [1.54, 1.807) is 0 Å². The maximum atomic E-state index is 10.9. The smallest absolute Gasteiger partial charge is 0.305 e. The van der Waals surface area contributed by atoms with Crippen LogP contribution in [0.5, 0.6) is 0 Å². The second-order valence-corrected chi connectivity index (χ2v) is 4.25. The van der Waals surface area contributed by atoms with Gasteiger partial charge in [-0.25, -0.2) is 4.98 Å². The van der Waals surface area contributed by atoms with E-state index in [1.165, 1.54) is 18.4 Å². The number of esters is 1. The van der Waals surface area contributed by atoms with Crippen molar-refractivity contribution in [2.75, 3.05) is 12.8 Å². The Bertz CT molecular complexity index is 314. The lowest BCUT2D eigenvalue weighted by atomic mass is 10.2. The molecular weight excluding hydrogens is 220 g/mol. The van der Waals surface area contributed by atoms with Gasteiger partial charge in [-0.3, -0.25) is 4.79 Å². The fourth-order valence-electron chi connectivity index (χ4n) is 0.958. The minimum absolute atomic E-state index is 0.0531. The van der Waals surface area contributed by atoms with Gasteiger partial charge in [-0.2, -0.15) is 12.6 Å². The number of carbonyl (C=O) groups excluding carboxylic acids is 1. The summed E-state index contributed by atoms with van der Waals surface area (Å²) in [5, 5.41) is 2.32. The fraction of sp³-hybridized carbons (Fsp3) is 0.500. The van der Waals surface area contributed by atoms with Gasteiger partial charge in [-0.1, -0.05) is 0 Å². The summed E-state index contributed by atoms with van der Waals surface area (Å²) in [5.74, 6) is -0.229. The molecule has 0 saturated carbocycles. The Morgan fingerprint density at radius 2 is 2.57 bits per heavy atom. The molecule has 14 heavy (non-hydrogen) atoms. The molecule has 1 rings (SSSR count). The van der Waals surface area contributed by atoms with Crippen molar-refractivity contribution in [2.45, 2.75) is 18.1 Å². The van der Waals surface area contributed by atoms with Crippen molar-refractivity contribution >= 4 is 35.1 Å². The molecule has 0 aliphatic rings. The Morgan fingerprint density at radius 1 is 1.86 bits per heavy atom. The van der Waals surface area contributed by atoms with E-state index in [4.69, 9.17) is 5.73 Å². The van der Waals surface area contributed by atoms with Gasteiger partial charge in [0.05, 0.1) is 12.8 Å². The van der Waals surface area contributed by atoms with Crippen LogP contribution in [0.3, 0.4) is 0 Å². The van der Waals surface area contributed by atoms with Crippen molar-refractivity contribution in [3.63, 3.8) is 0 Å². The number of ether oxygens (including phenoxy) is 1. The van der Waals surface area contributed by atoms with Crippen LogP contribution in [0.15, 0.2) is 5.38 Å². The molecule has 1 heterocycles. The number of rotatable bonds is 4. The number of carbonyl (C=O) groups is 1. The van der Waals surface area contributed by atoms with Crippen molar-refractivity contribution in [2.24, 2.45) is 0 Å². The number of thiol groups is 1. The Kier molecular flexibility index (Phi) is 4.21. The van der Waals surface area contributed by atoms with Gasteiger partial charge >= 0.3 is 5.97 Å². The summed E-state index contributed by atoms with van der Waals surface area (Å²) < 4.78 is 4.53. The molecule has 1 aromatic rings. The van der Waals surface area contributed by atoms with Crippen molar-refractivity contribution in [1.29, 1.82) is 0 Å². The summed E-state index contributed by atoms with van der Waals surface area (Å²) in [6, 6.07) is 0. The summed E-state index contributed by atoms with van der Waals surface area (Å²) in [4.78, 5) is 14.9. The normalized spacial score (nSPS) is 12.4. The highest BCUT2D eigenvalue weighted by atomic mass is 32.1. The van der Waals surface area contributed by atoms with Gasteiger partial charge in [0.15, 0.2) is 5.13 Å². The SMILES string of the molecule is COC(=O)CCC(S)c1csc(N)n1. The van der Waals surface area contributed by atoms with E-state index in [1.807, 2.05) is 5.38 Å². The van der Waals surface area contributed by atoms with Gasteiger partial charge in [-0.05, 0) is 6.42 Å². The lowest BCUT2D eigenvalue weighted by Gasteiger charge is -2.05. The van der Waals surface area contributed by atoms with Gasteiger partial charge in [-0.15, -0.1) is 11.3 Å². The monoisotopic (exact) mass is 232 g/mol. The molecule has 0 aromatic carbocycles. The first kappa shape index (κ1) is 11.3. The van der Waals surface area contributed by atoms with Crippen molar-refractivity contribution in [3.05, 3.63) is 11.1 Å². The molecule has 0 spiro atoms. The second kappa shape index (κ2) is 5.21. The topological polar surface area (TPSA) is 65.2 Å². The van der Waals surface area contributed by atoms with E-state index in [2.05, 4.69) is 22.3 Å². The zero-order valence-corrected chi connectivity index (χ0v) is 9.48. The summed E-state index contributed by atoms with van der Waals surface area (Å²) in [5.41, 5.74) is 6.30. The molecule has 6 heteroatoms. The number of nitrogens with two attached hydrogens (primary N) is 1. The van der Waals surface area contributed by atoms with Crippen LogP contribution in [0, 0.1) is 0 Å². The predicted octanol–water partition coefficient (Wildman–Crippen LogP) is 1.65. The lowest BCUT2D eigenvalue weighted by molar-refractivity contribution is -0.140. The number of aromatic nitrogens is 1. The first-order valence-corrected chi connectivity index (χ1v) is 5.49. The predicted molar refractivity (Wildman–Crippen MR) is 59.5 cm³/mol. The van der Waals surface area contributed by atoms with Crippen LogP contribution in [0.4, 0.5) is 5.13 Å². The molecule has 4 nitrogen and oxygen atoms in total. The highest BCUT2D eigenvalue weighted by Gasteiger charge is 2.12. The molecule has 0 saturated heterocycles. The average molecular weight is 232 g/mol. The van der Waals surface area contributed by atoms with Crippen LogP contribution >= 0.6 is 24.0 Å². The first-order chi connectivity index (χ1) is 6.63.